The molecule has 0 atom stereocenters. The minimum Gasteiger partial charge on any atom is -0.511 e. The van der Waals surface area contributed by atoms with Gasteiger partial charge in [-0.2, -0.15) is 0 Å². The van der Waals surface area contributed by atoms with Crippen LogP contribution in [0.25, 0.3) is 0 Å². The third-order valence-electron chi connectivity index (χ3n) is 2.98. The molecule has 2 nitrogen and oxygen atoms in total. The minimum atomic E-state index is -0.210. The SMILES string of the molecule is CC(C)C(=O)C1=C(O)C(C)(C)CCC1. The molecule has 0 aromatic carbocycles. The van der Waals surface area contributed by atoms with Crippen molar-refractivity contribution in [3.8, 4) is 0 Å². The molecule has 1 aliphatic carbocycles. The summed E-state index contributed by atoms with van der Waals surface area (Å²) in [4.78, 5) is 11.8. The first-order chi connectivity index (χ1) is 6.36. The average Bonchev–Trinajstić information content (AvgIpc) is 2.08. The Kier molecular flexibility index (Phi) is 3.03. The highest BCUT2D eigenvalue weighted by molar-refractivity contribution is 5.97. The molecule has 0 fully saturated rings. The summed E-state index contributed by atoms with van der Waals surface area (Å²) < 4.78 is 0. The predicted molar refractivity (Wildman–Crippen MR) is 57.1 cm³/mol. The Morgan fingerprint density at radius 3 is 2.50 bits per heavy atom. The maximum absolute atomic E-state index is 11.8. The van der Waals surface area contributed by atoms with E-state index in [0.717, 1.165) is 19.3 Å². The Balaban J connectivity index is 3.02. The lowest BCUT2D eigenvalue weighted by atomic mass is 9.75. The van der Waals surface area contributed by atoms with Crippen molar-refractivity contribution in [1.29, 1.82) is 0 Å². The Labute approximate surface area is 86.0 Å². The van der Waals surface area contributed by atoms with E-state index in [-0.39, 0.29) is 17.1 Å². The summed E-state index contributed by atoms with van der Waals surface area (Å²) in [6.07, 6.45) is 2.71. The molecule has 0 saturated heterocycles. The molecule has 14 heavy (non-hydrogen) atoms. The summed E-state index contributed by atoms with van der Waals surface area (Å²) in [7, 11) is 0. The molecule has 0 aliphatic heterocycles. The van der Waals surface area contributed by atoms with Crippen LogP contribution in [0.1, 0.15) is 47.0 Å². The van der Waals surface area contributed by atoms with Crippen LogP contribution >= 0.6 is 0 Å². The first kappa shape index (κ1) is 11.3. The first-order valence-corrected chi connectivity index (χ1v) is 5.33. The fourth-order valence-electron chi connectivity index (χ4n) is 1.94. The van der Waals surface area contributed by atoms with Crippen molar-refractivity contribution in [2.75, 3.05) is 0 Å². The summed E-state index contributed by atoms with van der Waals surface area (Å²) >= 11 is 0. The van der Waals surface area contributed by atoms with Crippen molar-refractivity contribution in [2.24, 2.45) is 11.3 Å². The molecule has 0 aromatic rings. The second-order valence-electron chi connectivity index (χ2n) is 5.08. The minimum absolute atomic E-state index is 0.0129. The standard InChI is InChI=1S/C12H20O2/c1-8(2)10(13)9-6-5-7-12(3,4)11(9)14/h8,14H,5-7H2,1-4H3. The molecule has 80 valence electrons. The lowest BCUT2D eigenvalue weighted by Crippen LogP contribution is -2.25. The quantitative estimate of drug-likeness (QED) is 0.736. The number of aliphatic hydroxyl groups is 1. The third kappa shape index (κ3) is 1.99. The van der Waals surface area contributed by atoms with Gasteiger partial charge >= 0.3 is 0 Å². The van der Waals surface area contributed by atoms with Crippen molar-refractivity contribution < 1.29 is 9.90 Å². The van der Waals surface area contributed by atoms with E-state index in [0.29, 0.717) is 11.3 Å². The molecule has 0 unspecified atom stereocenters. The van der Waals surface area contributed by atoms with Crippen LogP contribution in [0.15, 0.2) is 11.3 Å². The van der Waals surface area contributed by atoms with Gasteiger partial charge in [0.05, 0.1) is 0 Å². The van der Waals surface area contributed by atoms with Crippen molar-refractivity contribution in [1.82, 2.24) is 0 Å². The molecular weight excluding hydrogens is 176 g/mol. The van der Waals surface area contributed by atoms with Crippen LogP contribution in [0.2, 0.25) is 0 Å². The van der Waals surface area contributed by atoms with E-state index in [9.17, 15) is 9.90 Å². The van der Waals surface area contributed by atoms with E-state index in [1.54, 1.807) is 0 Å². The molecule has 0 amide bonds. The van der Waals surface area contributed by atoms with Crippen LogP contribution < -0.4 is 0 Å². The Morgan fingerprint density at radius 2 is 2.00 bits per heavy atom. The zero-order valence-electron chi connectivity index (χ0n) is 9.55. The maximum Gasteiger partial charge on any atom is 0.164 e. The second kappa shape index (κ2) is 3.76. The van der Waals surface area contributed by atoms with Gasteiger partial charge in [0.15, 0.2) is 5.78 Å². The number of ketones is 1. The smallest absolute Gasteiger partial charge is 0.164 e. The van der Waals surface area contributed by atoms with Crippen LogP contribution in [0.4, 0.5) is 0 Å². The van der Waals surface area contributed by atoms with Crippen LogP contribution in [0.3, 0.4) is 0 Å². The van der Waals surface area contributed by atoms with Gasteiger partial charge in [-0.3, -0.25) is 4.79 Å². The van der Waals surface area contributed by atoms with Gasteiger partial charge in [0, 0.05) is 16.9 Å². The summed E-state index contributed by atoms with van der Waals surface area (Å²) in [6, 6.07) is 0. The molecule has 1 N–H and O–H groups in total. The summed E-state index contributed by atoms with van der Waals surface area (Å²) in [5, 5.41) is 9.97. The van der Waals surface area contributed by atoms with Gasteiger partial charge < -0.3 is 5.11 Å². The van der Waals surface area contributed by atoms with Gasteiger partial charge in [0.2, 0.25) is 0 Å². The second-order valence-corrected chi connectivity index (χ2v) is 5.08. The fourth-order valence-corrected chi connectivity index (χ4v) is 1.94. The first-order valence-electron chi connectivity index (χ1n) is 5.33. The molecule has 2 heteroatoms. The van der Waals surface area contributed by atoms with E-state index in [2.05, 4.69) is 0 Å². The zero-order chi connectivity index (χ0) is 10.9. The molecular formula is C12H20O2. The topological polar surface area (TPSA) is 37.3 Å². The summed E-state index contributed by atoms with van der Waals surface area (Å²) in [5.41, 5.74) is 0.453. The average molecular weight is 196 g/mol. The number of carbonyl (C=O) groups excluding carboxylic acids is 1. The molecule has 0 bridgehead atoms. The number of rotatable bonds is 2. The van der Waals surface area contributed by atoms with E-state index < -0.39 is 0 Å². The number of aliphatic hydroxyl groups excluding tert-OH is 1. The van der Waals surface area contributed by atoms with Gasteiger partial charge in [-0.25, -0.2) is 0 Å². The van der Waals surface area contributed by atoms with Crippen molar-refractivity contribution in [3.63, 3.8) is 0 Å². The molecule has 0 spiro atoms. The number of allylic oxidation sites excluding steroid dienone is 2. The third-order valence-corrected chi connectivity index (χ3v) is 2.98. The maximum atomic E-state index is 11.8. The number of Topliss-reactive ketones (excluding diaryl/α,β-unsaturated/α-hetero) is 1. The van der Waals surface area contributed by atoms with Crippen molar-refractivity contribution in [3.05, 3.63) is 11.3 Å². The van der Waals surface area contributed by atoms with Crippen molar-refractivity contribution in [2.45, 2.75) is 47.0 Å². The van der Waals surface area contributed by atoms with Crippen molar-refractivity contribution >= 4 is 5.78 Å². The van der Waals surface area contributed by atoms with Gasteiger partial charge in [-0.1, -0.05) is 27.7 Å². The Morgan fingerprint density at radius 1 is 1.43 bits per heavy atom. The lowest BCUT2D eigenvalue weighted by molar-refractivity contribution is -0.118. The number of carbonyl (C=O) groups is 1. The lowest BCUT2D eigenvalue weighted by Gasteiger charge is -2.31. The Bertz CT molecular complexity index is 272. The van der Waals surface area contributed by atoms with Crippen LogP contribution in [0, 0.1) is 11.3 Å². The fraction of sp³-hybridized carbons (Fsp3) is 0.750. The predicted octanol–water partition coefficient (Wildman–Crippen LogP) is 3.23. The molecule has 0 saturated carbocycles. The van der Waals surface area contributed by atoms with Gasteiger partial charge in [-0.05, 0) is 19.3 Å². The number of hydrogen-bond acceptors (Lipinski definition) is 2. The van der Waals surface area contributed by atoms with Crippen LogP contribution in [0.5, 0.6) is 0 Å². The monoisotopic (exact) mass is 196 g/mol. The van der Waals surface area contributed by atoms with Gasteiger partial charge in [0.1, 0.15) is 5.76 Å². The van der Waals surface area contributed by atoms with Crippen LogP contribution in [-0.4, -0.2) is 10.9 Å². The van der Waals surface area contributed by atoms with E-state index in [4.69, 9.17) is 0 Å². The summed E-state index contributed by atoms with van der Waals surface area (Å²) in [5.74, 6) is 0.416. The largest absolute Gasteiger partial charge is 0.511 e. The Hall–Kier alpha value is -0.790. The highest BCUT2D eigenvalue weighted by atomic mass is 16.3. The van der Waals surface area contributed by atoms with E-state index in [1.807, 2.05) is 27.7 Å². The summed E-state index contributed by atoms with van der Waals surface area (Å²) in [6.45, 7) is 7.75. The molecule has 0 aromatic heterocycles. The molecule has 0 radical (unpaired) electrons. The zero-order valence-corrected chi connectivity index (χ0v) is 9.55. The van der Waals surface area contributed by atoms with Gasteiger partial charge in [-0.15, -0.1) is 0 Å². The van der Waals surface area contributed by atoms with Gasteiger partial charge in [0.25, 0.3) is 0 Å². The van der Waals surface area contributed by atoms with E-state index in [1.165, 1.54) is 0 Å². The van der Waals surface area contributed by atoms with E-state index >= 15 is 0 Å². The molecule has 1 aliphatic rings. The van der Waals surface area contributed by atoms with Crippen LogP contribution in [-0.2, 0) is 4.79 Å². The normalized spacial score (nSPS) is 21.5. The highest BCUT2D eigenvalue weighted by Crippen LogP contribution is 2.39. The highest BCUT2D eigenvalue weighted by Gasteiger charge is 2.32. The molecule has 0 heterocycles. The molecule has 1 rings (SSSR count). The number of hydrogen-bond donors (Lipinski definition) is 1.